The van der Waals surface area contributed by atoms with Crippen LogP contribution in [0.4, 0.5) is 5.69 Å². The first kappa shape index (κ1) is 17.4. The molecule has 0 unspecified atom stereocenters. The molecule has 118 valence electrons. The van der Waals surface area contributed by atoms with Crippen molar-refractivity contribution in [2.24, 2.45) is 0 Å². The fourth-order valence-electron chi connectivity index (χ4n) is 1.61. The first-order valence-corrected chi connectivity index (χ1v) is 6.83. The van der Waals surface area contributed by atoms with Gasteiger partial charge >= 0.3 is 5.97 Å². The maximum atomic E-state index is 11.9. The Morgan fingerprint density at radius 1 is 1.05 bits per heavy atom. The smallest absolute Gasteiger partial charge is 0.338 e. The number of carbonyl (C=O) groups excluding carboxylic acids is 1. The van der Waals surface area contributed by atoms with E-state index in [-0.39, 0.29) is 12.6 Å². The highest BCUT2D eigenvalue weighted by Gasteiger charge is 2.11. The summed E-state index contributed by atoms with van der Waals surface area (Å²) in [7, 11) is 1.62. The van der Waals surface area contributed by atoms with E-state index < -0.39 is 0 Å². The van der Waals surface area contributed by atoms with Crippen LogP contribution in [0.2, 0.25) is 0 Å². The Morgan fingerprint density at radius 3 is 2.33 bits per heavy atom. The largest absolute Gasteiger partial charge is 0.460 e. The van der Waals surface area contributed by atoms with Crippen LogP contribution in [-0.4, -0.2) is 52.7 Å². The Hall–Kier alpha value is -1.63. The van der Waals surface area contributed by atoms with Gasteiger partial charge in [-0.15, -0.1) is 0 Å². The average molecular weight is 297 g/mol. The van der Waals surface area contributed by atoms with E-state index in [2.05, 4.69) is 0 Å². The van der Waals surface area contributed by atoms with E-state index in [0.717, 1.165) is 5.56 Å². The molecule has 0 radical (unpaired) electrons. The lowest BCUT2D eigenvalue weighted by Crippen LogP contribution is -2.14. The zero-order valence-electron chi connectivity index (χ0n) is 12.6. The molecule has 0 amide bonds. The van der Waals surface area contributed by atoms with Crippen molar-refractivity contribution in [3.8, 4) is 0 Å². The van der Waals surface area contributed by atoms with E-state index in [1.165, 1.54) is 0 Å². The molecule has 0 atom stereocenters. The van der Waals surface area contributed by atoms with E-state index in [1.54, 1.807) is 32.2 Å². The molecule has 0 heterocycles. The van der Waals surface area contributed by atoms with E-state index in [0.29, 0.717) is 44.3 Å². The highest BCUT2D eigenvalue weighted by atomic mass is 16.6. The SMILES string of the molecule is COCCOCCOCCOC(=O)c1cccc(N)c1C. The van der Waals surface area contributed by atoms with Crippen molar-refractivity contribution in [1.29, 1.82) is 0 Å². The topological polar surface area (TPSA) is 80.0 Å². The van der Waals surface area contributed by atoms with Crippen LogP contribution in [0.15, 0.2) is 18.2 Å². The molecule has 1 aromatic rings. The van der Waals surface area contributed by atoms with Gasteiger partial charge in [-0.25, -0.2) is 4.79 Å². The molecule has 6 heteroatoms. The molecule has 6 nitrogen and oxygen atoms in total. The second-order valence-corrected chi connectivity index (χ2v) is 4.37. The molecule has 0 spiro atoms. The third-order valence-corrected chi connectivity index (χ3v) is 2.86. The van der Waals surface area contributed by atoms with Crippen LogP contribution in [0.25, 0.3) is 0 Å². The first-order chi connectivity index (χ1) is 10.2. The van der Waals surface area contributed by atoms with Crippen LogP contribution in [0.5, 0.6) is 0 Å². The Kier molecular flexibility index (Phi) is 8.42. The van der Waals surface area contributed by atoms with Crippen molar-refractivity contribution in [2.45, 2.75) is 6.92 Å². The highest BCUT2D eigenvalue weighted by molar-refractivity contribution is 5.92. The molecule has 0 aliphatic carbocycles. The maximum Gasteiger partial charge on any atom is 0.338 e. The summed E-state index contributed by atoms with van der Waals surface area (Å²) in [6.45, 7) is 4.39. The number of rotatable bonds is 10. The maximum absolute atomic E-state index is 11.9. The van der Waals surface area contributed by atoms with Gasteiger partial charge in [0.2, 0.25) is 0 Å². The number of nitrogen functional groups attached to an aromatic ring is 1. The minimum atomic E-state index is -0.389. The van der Waals surface area contributed by atoms with E-state index in [1.807, 2.05) is 0 Å². The van der Waals surface area contributed by atoms with Gasteiger partial charge in [0.1, 0.15) is 6.61 Å². The summed E-state index contributed by atoms with van der Waals surface area (Å²) in [5.41, 5.74) is 7.54. The minimum Gasteiger partial charge on any atom is -0.460 e. The van der Waals surface area contributed by atoms with Crippen LogP contribution in [0.3, 0.4) is 0 Å². The predicted molar refractivity (Wildman–Crippen MR) is 79.4 cm³/mol. The number of carbonyl (C=O) groups is 1. The van der Waals surface area contributed by atoms with Gasteiger partial charge in [0.25, 0.3) is 0 Å². The van der Waals surface area contributed by atoms with Gasteiger partial charge < -0.3 is 24.7 Å². The van der Waals surface area contributed by atoms with Crippen molar-refractivity contribution in [2.75, 3.05) is 52.5 Å². The van der Waals surface area contributed by atoms with Crippen molar-refractivity contribution in [3.05, 3.63) is 29.3 Å². The van der Waals surface area contributed by atoms with Gasteiger partial charge in [0.15, 0.2) is 0 Å². The summed E-state index contributed by atoms with van der Waals surface area (Å²) in [5.74, 6) is -0.389. The number of methoxy groups -OCH3 is 1. The quantitative estimate of drug-likeness (QED) is 0.399. The molecule has 1 rings (SSSR count). The van der Waals surface area contributed by atoms with Crippen molar-refractivity contribution in [1.82, 2.24) is 0 Å². The molecule has 0 saturated heterocycles. The lowest BCUT2D eigenvalue weighted by molar-refractivity contribution is 0.00568. The highest BCUT2D eigenvalue weighted by Crippen LogP contribution is 2.16. The summed E-state index contributed by atoms with van der Waals surface area (Å²) >= 11 is 0. The third kappa shape index (κ3) is 6.57. The van der Waals surface area contributed by atoms with Gasteiger partial charge in [-0.1, -0.05) is 6.07 Å². The lowest BCUT2D eigenvalue weighted by Gasteiger charge is -2.09. The number of nitrogens with two attached hydrogens (primary N) is 1. The Labute approximate surface area is 125 Å². The van der Waals surface area contributed by atoms with Crippen molar-refractivity contribution < 1.29 is 23.7 Å². The molecular formula is C15H23NO5. The molecule has 0 aliphatic rings. The van der Waals surface area contributed by atoms with Gasteiger partial charge in [0, 0.05) is 12.8 Å². The molecular weight excluding hydrogens is 274 g/mol. The molecule has 21 heavy (non-hydrogen) atoms. The fraction of sp³-hybridized carbons (Fsp3) is 0.533. The fourth-order valence-corrected chi connectivity index (χ4v) is 1.61. The molecule has 1 aromatic carbocycles. The zero-order valence-corrected chi connectivity index (χ0v) is 12.6. The third-order valence-electron chi connectivity index (χ3n) is 2.86. The Bertz CT molecular complexity index is 436. The first-order valence-electron chi connectivity index (χ1n) is 6.83. The molecule has 2 N–H and O–H groups in total. The van der Waals surface area contributed by atoms with Gasteiger partial charge in [-0.05, 0) is 24.6 Å². The summed E-state index contributed by atoms with van der Waals surface area (Å²) < 4.78 is 20.5. The standard InChI is InChI=1S/C15H23NO5/c1-12-13(4-3-5-14(12)16)15(17)21-11-10-20-9-8-19-7-6-18-2/h3-5H,6-11,16H2,1-2H3. The average Bonchev–Trinajstić information content (AvgIpc) is 2.48. The van der Waals surface area contributed by atoms with E-state index in [9.17, 15) is 4.79 Å². The summed E-state index contributed by atoms with van der Waals surface area (Å²) in [6.07, 6.45) is 0. The normalized spacial score (nSPS) is 10.6. The zero-order chi connectivity index (χ0) is 15.5. The van der Waals surface area contributed by atoms with Crippen LogP contribution in [0.1, 0.15) is 15.9 Å². The Morgan fingerprint density at radius 2 is 1.67 bits per heavy atom. The number of benzene rings is 1. The minimum absolute atomic E-state index is 0.200. The number of hydrogen-bond acceptors (Lipinski definition) is 6. The summed E-state index contributed by atoms with van der Waals surface area (Å²) in [4.78, 5) is 11.9. The molecule has 0 bridgehead atoms. The predicted octanol–water partition coefficient (Wildman–Crippen LogP) is 1.41. The van der Waals surface area contributed by atoms with Gasteiger partial charge in [0.05, 0.1) is 38.6 Å². The summed E-state index contributed by atoms with van der Waals surface area (Å²) in [5, 5.41) is 0. The number of ether oxygens (including phenoxy) is 4. The van der Waals surface area contributed by atoms with Gasteiger partial charge in [-0.3, -0.25) is 0 Å². The number of esters is 1. The van der Waals surface area contributed by atoms with E-state index in [4.69, 9.17) is 24.7 Å². The van der Waals surface area contributed by atoms with Gasteiger partial charge in [-0.2, -0.15) is 0 Å². The van der Waals surface area contributed by atoms with Crippen molar-refractivity contribution in [3.63, 3.8) is 0 Å². The number of hydrogen-bond donors (Lipinski definition) is 1. The number of anilines is 1. The molecule has 0 fully saturated rings. The summed E-state index contributed by atoms with van der Waals surface area (Å²) in [6, 6.07) is 5.17. The second kappa shape index (κ2) is 10.1. The Balaban J connectivity index is 2.13. The molecule has 0 aromatic heterocycles. The lowest BCUT2D eigenvalue weighted by atomic mass is 10.1. The monoisotopic (exact) mass is 297 g/mol. The van der Waals surface area contributed by atoms with E-state index >= 15 is 0 Å². The second-order valence-electron chi connectivity index (χ2n) is 4.37. The van der Waals surface area contributed by atoms with Crippen LogP contribution < -0.4 is 5.73 Å². The van der Waals surface area contributed by atoms with Crippen LogP contribution in [0, 0.1) is 6.92 Å². The van der Waals surface area contributed by atoms with Crippen LogP contribution in [-0.2, 0) is 18.9 Å². The van der Waals surface area contributed by atoms with Crippen molar-refractivity contribution >= 4 is 11.7 Å². The van der Waals surface area contributed by atoms with Crippen LogP contribution >= 0.6 is 0 Å². The molecule has 0 saturated carbocycles. The molecule has 0 aliphatic heterocycles.